The Balaban J connectivity index is 2.31. The Kier molecular flexibility index (Phi) is 4.65. The molecule has 1 aliphatic rings. The number of benzene rings is 1. The number of aryl methyl sites for hydroxylation is 1. The van der Waals surface area contributed by atoms with Gasteiger partial charge >= 0.3 is 0 Å². The first-order chi connectivity index (χ1) is 8.90. The molecule has 4 heteroatoms. The Morgan fingerprint density at radius 1 is 1.26 bits per heavy atom. The molecule has 106 valence electrons. The Bertz CT molecular complexity index is 460. The van der Waals surface area contributed by atoms with Crippen molar-refractivity contribution in [3.05, 3.63) is 27.7 Å². The third kappa shape index (κ3) is 3.18. The highest BCUT2D eigenvalue weighted by Gasteiger charge is 2.28. The monoisotopic (exact) mass is 300 g/mol. The zero-order chi connectivity index (χ0) is 14.2. The molecule has 1 aliphatic heterocycles. The van der Waals surface area contributed by atoms with E-state index in [9.17, 15) is 0 Å². The van der Waals surface area contributed by atoms with Crippen molar-refractivity contribution in [3.63, 3.8) is 0 Å². The van der Waals surface area contributed by atoms with Crippen molar-refractivity contribution in [1.82, 2.24) is 5.32 Å². The van der Waals surface area contributed by atoms with Crippen molar-refractivity contribution < 1.29 is 0 Å². The molecule has 2 unspecified atom stereocenters. The molecule has 0 saturated carbocycles. The Hall–Kier alpha value is -0.440. The number of halogens is 2. The highest BCUT2D eigenvalue weighted by Crippen LogP contribution is 2.34. The normalized spacial score (nSPS) is 24.1. The molecule has 0 aliphatic carbocycles. The largest absolute Gasteiger partial charge is 0.365 e. The van der Waals surface area contributed by atoms with E-state index in [4.69, 9.17) is 23.2 Å². The summed E-state index contributed by atoms with van der Waals surface area (Å²) in [7, 11) is 0. The maximum Gasteiger partial charge on any atom is 0.0643 e. The van der Waals surface area contributed by atoms with Crippen LogP contribution in [-0.2, 0) is 0 Å². The van der Waals surface area contributed by atoms with Crippen LogP contribution >= 0.6 is 23.2 Å². The Labute approximate surface area is 126 Å². The molecule has 19 heavy (non-hydrogen) atoms. The maximum atomic E-state index is 6.41. The summed E-state index contributed by atoms with van der Waals surface area (Å²) in [5.74, 6) is 0.606. The molecule has 1 aromatic carbocycles. The van der Waals surface area contributed by atoms with Gasteiger partial charge in [-0.25, -0.2) is 0 Å². The summed E-state index contributed by atoms with van der Waals surface area (Å²) in [4.78, 5) is 2.37. The SMILES string of the molecule is Cc1cc(Cl)c(N2CC(C(C)C)NCC2C)cc1Cl. The fourth-order valence-corrected chi connectivity index (χ4v) is 3.01. The summed E-state index contributed by atoms with van der Waals surface area (Å²) in [6, 6.07) is 4.87. The number of rotatable bonds is 2. The van der Waals surface area contributed by atoms with Gasteiger partial charge in [0.2, 0.25) is 0 Å². The predicted octanol–water partition coefficient (Wildman–Crippen LogP) is 4.12. The van der Waals surface area contributed by atoms with E-state index >= 15 is 0 Å². The average Bonchev–Trinajstić information content (AvgIpc) is 2.34. The molecule has 0 radical (unpaired) electrons. The highest BCUT2D eigenvalue weighted by atomic mass is 35.5. The zero-order valence-corrected chi connectivity index (χ0v) is 13.5. The van der Waals surface area contributed by atoms with E-state index in [2.05, 4.69) is 31.0 Å². The van der Waals surface area contributed by atoms with Crippen LogP contribution in [0.4, 0.5) is 5.69 Å². The van der Waals surface area contributed by atoms with Crippen LogP contribution in [0.15, 0.2) is 12.1 Å². The highest BCUT2D eigenvalue weighted by molar-refractivity contribution is 6.35. The summed E-state index contributed by atoms with van der Waals surface area (Å²) in [5, 5.41) is 5.17. The molecular weight excluding hydrogens is 279 g/mol. The molecule has 2 nitrogen and oxygen atoms in total. The average molecular weight is 301 g/mol. The smallest absolute Gasteiger partial charge is 0.0643 e. The van der Waals surface area contributed by atoms with E-state index in [0.717, 1.165) is 34.4 Å². The van der Waals surface area contributed by atoms with Crippen molar-refractivity contribution in [2.24, 2.45) is 5.92 Å². The first kappa shape index (κ1) is 15.0. The summed E-state index contributed by atoms with van der Waals surface area (Å²) in [5.41, 5.74) is 2.08. The lowest BCUT2D eigenvalue weighted by Crippen LogP contribution is -2.57. The van der Waals surface area contributed by atoms with Crippen LogP contribution in [0.1, 0.15) is 26.3 Å². The van der Waals surface area contributed by atoms with E-state index in [0.29, 0.717) is 18.0 Å². The molecule has 0 bridgehead atoms. The molecule has 2 rings (SSSR count). The van der Waals surface area contributed by atoms with Gasteiger partial charge in [0.15, 0.2) is 0 Å². The lowest BCUT2D eigenvalue weighted by molar-refractivity contribution is 0.337. The van der Waals surface area contributed by atoms with Crippen molar-refractivity contribution in [3.8, 4) is 0 Å². The van der Waals surface area contributed by atoms with Crippen LogP contribution in [0.25, 0.3) is 0 Å². The molecule has 1 N–H and O–H groups in total. The number of piperazine rings is 1. The van der Waals surface area contributed by atoms with Gasteiger partial charge in [0, 0.05) is 30.2 Å². The first-order valence-electron chi connectivity index (χ1n) is 6.85. The van der Waals surface area contributed by atoms with Crippen molar-refractivity contribution in [2.75, 3.05) is 18.0 Å². The third-order valence-corrected chi connectivity index (χ3v) is 4.65. The summed E-state index contributed by atoms with van der Waals surface area (Å²) in [6.45, 7) is 10.6. The summed E-state index contributed by atoms with van der Waals surface area (Å²) >= 11 is 12.7. The van der Waals surface area contributed by atoms with Crippen LogP contribution in [0.5, 0.6) is 0 Å². The van der Waals surface area contributed by atoms with Crippen molar-refractivity contribution >= 4 is 28.9 Å². The third-order valence-electron chi connectivity index (χ3n) is 3.94. The van der Waals surface area contributed by atoms with Gasteiger partial charge in [0.25, 0.3) is 0 Å². The number of nitrogens with zero attached hydrogens (tertiary/aromatic N) is 1. The summed E-state index contributed by atoms with van der Waals surface area (Å²) in [6.07, 6.45) is 0. The van der Waals surface area contributed by atoms with Gasteiger partial charge < -0.3 is 10.2 Å². The number of nitrogens with one attached hydrogen (secondary N) is 1. The quantitative estimate of drug-likeness (QED) is 0.884. The minimum atomic E-state index is 0.422. The van der Waals surface area contributed by atoms with E-state index < -0.39 is 0 Å². The number of hydrogen-bond donors (Lipinski definition) is 1. The fraction of sp³-hybridized carbons (Fsp3) is 0.600. The molecule has 1 heterocycles. The van der Waals surface area contributed by atoms with Crippen LogP contribution in [0.3, 0.4) is 0 Å². The first-order valence-corrected chi connectivity index (χ1v) is 7.61. The van der Waals surface area contributed by atoms with Gasteiger partial charge in [-0.1, -0.05) is 37.0 Å². The topological polar surface area (TPSA) is 15.3 Å². The fourth-order valence-electron chi connectivity index (χ4n) is 2.53. The maximum absolute atomic E-state index is 6.41. The van der Waals surface area contributed by atoms with Gasteiger partial charge in [-0.2, -0.15) is 0 Å². The second-order valence-corrected chi connectivity index (χ2v) is 6.63. The minimum absolute atomic E-state index is 0.422. The molecule has 0 aromatic heterocycles. The van der Waals surface area contributed by atoms with E-state index in [1.54, 1.807) is 0 Å². The van der Waals surface area contributed by atoms with E-state index in [1.165, 1.54) is 0 Å². The van der Waals surface area contributed by atoms with Crippen molar-refractivity contribution in [1.29, 1.82) is 0 Å². The van der Waals surface area contributed by atoms with E-state index in [1.807, 2.05) is 19.1 Å². The lowest BCUT2D eigenvalue weighted by Gasteiger charge is -2.42. The lowest BCUT2D eigenvalue weighted by atomic mass is 9.99. The summed E-state index contributed by atoms with van der Waals surface area (Å²) < 4.78 is 0. The molecule has 2 atom stereocenters. The molecule has 1 fully saturated rings. The molecule has 1 aromatic rings. The zero-order valence-electron chi connectivity index (χ0n) is 12.0. The molecule has 1 saturated heterocycles. The van der Waals surface area contributed by atoms with Crippen molar-refractivity contribution in [2.45, 2.75) is 39.8 Å². The van der Waals surface area contributed by atoms with E-state index in [-0.39, 0.29) is 0 Å². The molecule has 0 spiro atoms. The standard InChI is InChI=1S/C15H22Cl2N2/c1-9(2)14-8-19(11(4)7-18-14)15-6-12(16)10(3)5-13(15)17/h5-6,9,11,14,18H,7-8H2,1-4H3. The minimum Gasteiger partial charge on any atom is -0.365 e. The Morgan fingerprint density at radius 3 is 2.58 bits per heavy atom. The van der Waals surface area contributed by atoms with Gasteiger partial charge in [0.05, 0.1) is 10.7 Å². The predicted molar refractivity (Wildman–Crippen MR) is 84.6 cm³/mol. The van der Waals surface area contributed by atoms with Crippen LogP contribution in [0.2, 0.25) is 10.0 Å². The van der Waals surface area contributed by atoms with Gasteiger partial charge in [0.1, 0.15) is 0 Å². The van der Waals surface area contributed by atoms with Gasteiger partial charge in [-0.15, -0.1) is 0 Å². The van der Waals surface area contributed by atoms with Crippen LogP contribution in [-0.4, -0.2) is 25.2 Å². The molecular formula is C15H22Cl2N2. The van der Waals surface area contributed by atoms with Gasteiger partial charge in [-0.3, -0.25) is 0 Å². The number of anilines is 1. The Morgan fingerprint density at radius 2 is 1.95 bits per heavy atom. The van der Waals surface area contributed by atoms with Gasteiger partial charge in [-0.05, 0) is 37.5 Å². The van der Waals surface area contributed by atoms with Crippen LogP contribution < -0.4 is 10.2 Å². The second kappa shape index (κ2) is 5.90. The van der Waals surface area contributed by atoms with Crippen LogP contribution in [0, 0.1) is 12.8 Å². The number of hydrogen-bond acceptors (Lipinski definition) is 2. The second-order valence-electron chi connectivity index (χ2n) is 5.81. The molecule has 0 amide bonds.